The molecular weight excluding hydrogens is 536 g/mol. The van der Waals surface area contributed by atoms with Gasteiger partial charge in [-0.25, -0.2) is 8.78 Å². The maximum Gasteiger partial charge on any atom is 0.357 e. The van der Waals surface area contributed by atoms with Gasteiger partial charge < -0.3 is 4.74 Å². The zero-order chi connectivity index (χ0) is 16.9. The van der Waals surface area contributed by atoms with Crippen LogP contribution in [0.1, 0.15) is 5.56 Å². The van der Waals surface area contributed by atoms with Crippen LogP contribution in [0.4, 0.5) is 8.78 Å². The van der Waals surface area contributed by atoms with Gasteiger partial charge in [-0.1, -0.05) is 18.2 Å². The predicted octanol–water partition coefficient (Wildman–Crippen LogP) is 2.28. The summed E-state index contributed by atoms with van der Waals surface area (Å²) >= 11 is 1.65. The summed E-state index contributed by atoms with van der Waals surface area (Å²) in [5, 5.41) is 0. The largest absolute Gasteiger partial charge is 0.489 e. The first-order chi connectivity index (χ1) is 11.6. The Morgan fingerprint density at radius 2 is 1.42 bits per heavy atom. The third kappa shape index (κ3) is 4.66. The minimum Gasteiger partial charge on any atom is -0.489 e. The van der Waals surface area contributed by atoms with Crippen molar-refractivity contribution in [1.29, 1.82) is 0 Å². The Morgan fingerprint density at radius 1 is 0.833 bits per heavy atom. The smallest absolute Gasteiger partial charge is 0.357 e. The van der Waals surface area contributed by atoms with Gasteiger partial charge in [0.15, 0.2) is 7.14 Å². The highest BCUT2D eigenvalue weighted by Crippen LogP contribution is 2.19. The summed E-state index contributed by atoms with van der Waals surface area (Å²) in [5.74, 6) is -0.551. The second-order valence-electron chi connectivity index (χ2n) is 4.98. The highest BCUT2D eigenvalue weighted by atomic mass is 127. The number of halogens is 4. The zero-order valence-corrected chi connectivity index (χ0v) is 16.8. The van der Waals surface area contributed by atoms with Crippen molar-refractivity contribution in [3.63, 3.8) is 0 Å². The Morgan fingerprint density at radius 3 is 2.04 bits per heavy atom. The molecule has 0 aliphatic carbocycles. The molecule has 0 saturated heterocycles. The molecule has 0 atom stereocenters. The van der Waals surface area contributed by atoms with Crippen LogP contribution in [0, 0.1) is 22.3 Å². The fraction of sp³-hybridized carbons (Fsp3) is 0.0526. The van der Waals surface area contributed by atoms with Crippen molar-refractivity contribution in [2.45, 2.75) is 6.61 Å². The summed E-state index contributed by atoms with van der Waals surface area (Å²) in [6.07, 6.45) is 0. The first kappa shape index (κ1) is 17.6. The van der Waals surface area contributed by atoms with Crippen molar-refractivity contribution in [3.8, 4) is 5.75 Å². The standard InChI is InChI=1S/C19H13F2I2O/c20-18-10-13(22)11-19(21)17(18)12-24-16-8-6-15(7-9-16)23-14-4-2-1-3-5-14/h1-11H,12H2/q+1. The van der Waals surface area contributed by atoms with Crippen molar-refractivity contribution in [1.82, 2.24) is 0 Å². The van der Waals surface area contributed by atoms with Crippen LogP contribution in [-0.2, 0) is 6.61 Å². The van der Waals surface area contributed by atoms with Crippen molar-refractivity contribution >= 4 is 22.6 Å². The molecule has 3 aromatic carbocycles. The van der Waals surface area contributed by atoms with Gasteiger partial charge in [0.1, 0.15) is 24.0 Å². The molecule has 1 nitrogen and oxygen atoms in total. The topological polar surface area (TPSA) is 9.23 Å². The van der Waals surface area contributed by atoms with E-state index in [-0.39, 0.29) is 33.4 Å². The van der Waals surface area contributed by atoms with Crippen molar-refractivity contribution in [3.05, 3.63) is 94.6 Å². The molecule has 3 aromatic rings. The summed E-state index contributed by atoms with van der Waals surface area (Å²) in [7, 11) is 0. The molecule has 0 N–H and O–H groups in total. The van der Waals surface area contributed by atoms with Gasteiger partial charge in [-0.05, 0) is 71.1 Å². The quantitative estimate of drug-likeness (QED) is 0.445. The van der Waals surface area contributed by atoms with E-state index in [1.165, 1.54) is 19.3 Å². The maximum atomic E-state index is 13.8. The van der Waals surface area contributed by atoms with Gasteiger partial charge in [0, 0.05) is 3.57 Å². The van der Waals surface area contributed by atoms with Crippen LogP contribution in [0.2, 0.25) is 0 Å². The lowest BCUT2D eigenvalue weighted by atomic mass is 10.2. The summed E-state index contributed by atoms with van der Waals surface area (Å²) in [6, 6.07) is 20.7. The van der Waals surface area contributed by atoms with E-state index in [1.54, 1.807) is 0 Å². The van der Waals surface area contributed by atoms with Gasteiger partial charge in [0.2, 0.25) is 0 Å². The van der Waals surface area contributed by atoms with E-state index in [4.69, 9.17) is 4.74 Å². The maximum absolute atomic E-state index is 13.8. The molecule has 0 saturated carbocycles. The number of ether oxygens (including phenoxy) is 1. The molecule has 0 bridgehead atoms. The van der Waals surface area contributed by atoms with E-state index in [2.05, 4.69) is 12.1 Å². The molecule has 24 heavy (non-hydrogen) atoms. The molecule has 0 aromatic heterocycles. The van der Waals surface area contributed by atoms with E-state index in [9.17, 15) is 8.78 Å². The molecule has 0 unspecified atom stereocenters. The zero-order valence-electron chi connectivity index (χ0n) is 12.5. The monoisotopic (exact) mass is 549 g/mol. The number of rotatable bonds is 5. The van der Waals surface area contributed by atoms with Crippen LogP contribution in [0.25, 0.3) is 0 Å². The van der Waals surface area contributed by atoms with E-state index in [1.807, 2.05) is 65.1 Å². The molecule has 0 amide bonds. The van der Waals surface area contributed by atoms with Crippen molar-refractivity contribution in [2.75, 3.05) is 0 Å². The molecule has 5 heteroatoms. The lowest BCUT2D eigenvalue weighted by Crippen LogP contribution is -3.61. The lowest BCUT2D eigenvalue weighted by Gasteiger charge is -2.08. The van der Waals surface area contributed by atoms with E-state index in [0.29, 0.717) is 9.32 Å². The van der Waals surface area contributed by atoms with Crippen LogP contribution < -0.4 is 25.9 Å². The Balaban J connectivity index is 1.65. The van der Waals surface area contributed by atoms with Gasteiger partial charge in [-0.2, -0.15) is 0 Å². The molecular formula is C19H13F2I2O+. The Bertz CT molecular complexity index is 798. The number of hydrogen-bond donors (Lipinski definition) is 0. The van der Waals surface area contributed by atoms with Gasteiger partial charge >= 0.3 is 21.2 Å². The molecule has 0 fully saturated rings. The van der Waals surface area contributed by atoms with Crippen LogP contribution in [0.15, 0.2) is 66.7 Å². The Hall–Kier alpha value is -1.22. The van der Waals surface area contributed by atoms with E-state index >= 15 is 0 Å². The molecule has 3 rings (SSSR count). The molecule has 0 radical (unpaired) electrons. The minimum absolute atomic E-state index is 0.0452. The molecule has 122 valence electrons. The second kappa shape index (κ2) is 8.24. The number of hydrogen-bond acceptors (Lipinski definition) is 1. The van der Waals surface area contributed by atoms with E-state index in [0.717, 1.165) is 0 Å². The van der Waals surface area contributed by atoms with Gasteiger partial charge in [0.05, 0.1) is 5.56 Å². The lowest BCUT2D eigenvalue weighted by molar-refractivity contribution is -0.597. The fourth-order valence-corrected chi connectivity index (χ4v) is 4.82. The van der Waals surface area contributed by atoms with Crippen molar-refractivity contribution < 1.29 is 34.7 Å². The first-order valence-corrected chi connectivity index (χ1v) is 10.4. The first-order valence-electron chi connectivity index (χ1n) is 7.18. The molecule has 0 aliphatic heterocycles. The highest BCUT2D eigenvalue weighted by Gasteiger charge is 2.15. The Labute approximate surface area is 163 Å². The molecule has 0 aliphatic rings. The van der Waals surface area contributed by atoms with Gasteiger partial charge in [-0.3, -0.25) is 0 Å². The molecule has 0 spiro atoms. The summed E-state index contributed by atoms with van der Waals surface area (Å²) in [5.41, 5.74) is -0.0452. The fourth-order valence-electron chi connectivity index (χ4n) is 2.06. The average molecular weight is 549 g/mol. The Kier molecular flexibility index (Phi) is 6.04. The highest BCUT2D eigenvalue weighted by molar-refractivity contribution is 14.1. The average Bonchev–Trinajstić information content (AvgIpc) is 2.56. The third-order valence-corrected chi connectivity index (χ3v) is 6.56. The van der Waals surface area contributed by atoms with Gasteiger partial charge in [0.25, 0.3) is 0 Å². The minimum atomic E-state index is -0.578. The van der Waals surface area contributed by atoms with Crippen LogP contribution in [0.3, 0.4) is 0 Å². The summed E-state index contributed by atoms with van der Waals surface area (Å²) < 4.78 is 36.3. The van der Waals surface area contributed by atoms with Crippen LogP contribution >= 0.6 is 22.6 Å². The third-order valence-electron chi connectivity index (χ3n) is 3.25. The normalized spacial score (nSPS) is 10.6. The SMILES string of the molecule is Fc1cc(I)cc(F)c1COc1ccc([I+]c2ccccc2)cc1. The predicted molar refractivity (Wildman–Crippen MR) is 93.7 cm³/mol. The number of benzene rings is 3. The van der Waals surface area contributed by atoms with Crippen LogP contribution in [0.5, 0.6) is 5.75 Å². The second-order valence-corrected chi connectivity index (χ2v) is 9.26. The summed E-state index contributed by atoms with van der Waals surface area (Å²) in [6.45, 7) is -0.123. The van der Waals surface area contributed by atoms with Crippen molar-refractivity contribution in [2.24, 2.45) is 0 Å². The summed E-state index contributed by atoms with van der Waals surface area (Å²) in [4.78, 5) is 0. The van der Waals surface area contributed by atoms with E-state index < -0.39 is 11.6 Å². The van der Waals surface area contributed by atoms with Gasteiger partial charge in [-0.15, -0.1) is 0 Å². The van der Waals surface area contributed by atoms with Crippen LogP contribution in [-0.4, -0.2) is 0 Å². The molecule has 0 heterocycles.